The standard InChI is InChI=1S/C27H34N4O7S/c1-3-22(25(33)26(34)29-18-20-9-11-28-12-10-20)30(2)27(35)23(17-24(32)31-13-15-38-16-14-31)39(36,37)19-21-7-5-4-6-8-21/h4-12,22-23H,3,13-19H2,1-2H3,(H,29,34)/t22?,23-/m0/s1. The molecule has 1 N–H and O–H groups in total. The molecule has 1 aliphatic rings. The molecule has 3 rings (SSSR count). The minimum Gasteiger partial charge on any atom is -0.378 e. The molecule has 0 saturated carbocycles. The Balaban J connectivity index is 1.80. The smallest absolute Gasteiger partial charge is 0.289 e. The average Bonchev–Trinajstić information content (AvgIpc) is 2.95. The summed E-state index contributed by atoms with van der Waals surface area (Å²) in [6, 6.07) is 10.5. The van der Waals surface area contributed by atoms with Gasteiger partial charge in [-0.05, 0) is 29.7 Å². The normalized spacial score (nSPS) is 15.2. The number of carbonyl (C=O) groups excluding carboxylic acids is 4. The number of pyridine rings is 1. The Labute approximate surface area is 228 Å². The molecule has 2 atom stereocenters. The molecular formula is C27H34N4O7S. The summed E-state index contributed by atoms with van der Waals surface area (Å²) in [5.41, 5.74) is 1.20. The fraction of sp³-hybridized carbons (Fsp3) is 0.444. The number of ether oxygens (including phenoxy) is 1. The molecule has 12 heteroatoms. The van der Waals surface area contributed by atoms with E-state index in [1.165, 1.54) is 11.9 Å². The average molecular weight is 559 g/mol. The molecule has 1 fully saturated rings. The lowest BCUT2D eigenvalue weighted by atomic mass is 10.1. The largest absolute Gasteiger partial charge is 0.378 e. The third-order valence-corrected chi connectivity index (χ3v) is 8.55. The molecule has 1 aromatic heterocycles. The number of Topliss-reactive ketones (excluding diaryl/α,β-unsaturated/α-hetero) is 1. The van der Waals surface area contributed by atoms with E-state index < -0.39 is 56.8 Å². The third-order valence-electron chi connectivity index (χ3n) is 6.57. The number of carbonyl (C=O) groups is 4. The number of amides is 3. The predicted molar refractivity (Wildman–Crippen MR) is 143 cm³/mol. The number of nitrogens with one attached hydrogen (secondary N) is 1. The topological polar surface area (TPSA) is 143 Å². The van der Waals surface area contributed by atoms with Gasteiger partial charge in [0.15, 0.2) is 9.84 Å². The number of ketones is 1. The summed E-state index contributed by atoms with van der Waals surface area (Å²) in [4.78, 5) is 58.7. The van der Waals surface area contributed by atoms with Crippen molar-refractivity contribution in [1.82, 2.24) is 20.1 Å². The van der Waals surface area contributed by atoms with Gasteiger partial charge >= 0.3 is 0 Å². The van der Waals surface area contributed by atoms with Crippen molar-refractivity contribution in [2.45, 2.75) is 43.4 Å². The first-order valence-electron chi connectivity index (χ1n) is 12.7. The van der Waals surface area contributed by atoms with Crippen LogP contribution in [0.3, 0.4) is 0 Å². The van der Waals surface area contributed by atoms with Gasteiger partial charge in [0.1, 0.15) is 5.25 Å². The van der Waals surface area contributed by atoms with Crippen molar-refractivity contribution in [2.24, 2.45) is 0 Å². The third kappa shape index (κ3) is 8.17. The summed E-state index contributed by atoms with van der Waals surface area (Å²) in [6.07, 6.45) is 2.61. The zero-order valence-corrected chi connectivity index (χ0v) is 22.9. The SMILES string of the molecule is CCC(C(=O)C(=O)NCc1ccncc1)N(C)C(=O)[C@H](CC(=O)N1CCOCC1)S(=O)(=O)Cc1ccccc1. The molecule has 210 valence electrons. The Hall–Kier alpha value is -3.64. The van der Waals surface area contributed by atoms with E-state index >= 15 is 0 Å². The predicted octanol–water partition coefficient (Wildman–Crippen LogP) is 0.736. The number of sulfone groups is 1. The Bertz CT molecular complexity index is 1250. The molecule has 0 bridgehead atoms. The Kier molecular flexibility index (Phi) is 10.7. The van der Waals surface area contributed by atoms with Gasteiger partial charge in [-0.25, -0.2) is 8.42 Å². The van der Waals surface area contributed by atoms with Crippen LogP contribution in [0.2, 0.25) is 0 Å². The molecule has 1 saturated heterocycles. The maximum Gasteiger partial charge on any atom is 0.289 e. The molecule has 0 spiro atoms. The van der Waals surface area contributed by atoms with Crippen LogP contribution in [0.4, 0.5) is 0 Å². The van der Waals surface area contributed by atoms with Crippen molar-refractivity contribution in [2.75, 3.05) is 33.4 Å². The summed E-state index contributed by atoms with van der Waals surface area (Å²) < 4.78 is 32.3. The summed E-state index contributed by atoms with van der Waals surface area (Å²) in [5.74, 6) is -3.62. The molecule has 0 aliphatic carbocycles. The maximum absolute atomic E-state index is 13.7. The monoisotopic (exact) mass is 558 g/mol. The number of likely N-dealkylation sites (N-methyl/N-ethyl adjacent to an activating group) is 1. The highest BCUT2D eigenvalue weighted by Crippen LogP contribution is 2.20. The van der Waals surface area contributed by atoms with Crippen molar-refractivity contribution in [1.29, 1.82) is 0 Å². The van der Waals surface area contributed by atoms with Gasteiger partial charge in [-0.2, -0.15) is 0 Å². The van der Waals surface area contributed by atoms with Gasteiger partial charge < -0.3 is 19.9 Å². The number of rotatable bonds is 12. The minimum atomic E-state index is -4.18. The van der Waals surface area contributed by atoms with E-state index in [2.05, 4.69) is 10.3 Å². The molecule has 39 heavy (non-hydrogen) atoms. The lowest BCUT2D eigenvalue weighted by Crippen LogP contribution is -2.53. The van der Waals surface area contributed by atoms with Gasteiger partial charge in [0.25, 0.3) is 5.91 Å². The molecule has 2 aromatic rings. The van der Waals surface area contributed by atoms with Crippen LogP contribution in [0, 0.1) is 0 Å². The molecule has 2 heterocycles. The zero-order valence-electron chi connectivity index (χ0n) is 22.1. The highest BCUT2D eigenvalue weighted by atomic mass is 32.2. The summed E-state index contributed by atoms with van der Waals surface area (Å²) in [6.45, 7) is 2.94. The highest BCUT2D eigenvalue weighted by molar-refractivity contribution is 7.92. The van der Waals surface area contributed by atoms with Gasteiger partial charge in [0, 0.05) is 39.1 Å². The quantitative estimate of drug-likeness (QED) is 0.376. The van der Waals surface area contributed by atoms with Crippen LogP contribution in [0.25, 0.3) is 0 Å². The van der Waals surface area contributed by atoms with E-state index in [0.717, 1.165) is 10.5 Å². The molecular weight excluding hydrogens is 524 g/mol. The first-order valence-corrected chi connectivity index (χ1v) is 14.4. The highest BCUT2D eigenvalue weighted by Gasteiger charge is 2.41. The van der Waals surface area contributed by atoms with Crippen LogP contribution in [-0.2, 0) is 46.0 Å². The first-order chi connectivity index (χ1) is 18.6. The fourth-order valence-electron chi connectivity index (χ4n) is 4.31. The molecule has 1 aliphatic heterocycles. The molecule has 0 radical (unpaired) electrons. The van der Waals surface area contributed by atoms with E-state index in [4.69, 9.17) is 4.74 Å². The molecule has 3 amide bonds. The summed E-state index contributed by atoms with van der Waals surface area (Å²) in [7, 11) is -2.89. The number of morpholine rings is 1. The van der Waals surface area contributed by atoms with Crippen LogP contribution in [0.5, 0.6) is 0 Å². The van der Waals surface area contributed by atoms with Crippen molar-refractivity contribution in [3.05, 3.63) is 66.0 Å². The Morgan fingerprint density at radius 3 is 2.28 bits per heavy atom. The van der Waals surface area contributed by atoms with Gasteiger partial charge in [0.05, 0.1) is 31.4 Å². The van der Waals surface area contributed by atoms with Gasteiger partial charge in [-0.15, -0.1) is 0 Å². The van der Waals surface area contributed by atoms with E-state index in [1.54, 1.807) is 61.8 Å². The van der Waals surface area contributed by atoms with Crippen LogP contribution < -0.4 is 5.32 Å². The van der Waals surface area contributed by atoms with E-state index in [-0.39, 0.29) is 13.0 Å². The van der Waals surface area contributed by atoms with Crippen molar-refractivity contribution in [3.8, 4) is 0 Å². The van der Waals surface area contributed by atoms with Crippen molar-refractivity contribution in [3.63, 3.8) is 0 Å². The van der Waals surface area contributed by atoms with Crippen LogP contribution in [-0.4, -0.2) is 91.3 Å². The van der Waals surface area contributed by atoms with Crippen LogP contribution >= 0.6 is 0 Å². The number of hydrogen-bond donors (Lipinski definition) is 1. The number of aromatic nitrogens is 1. The molecule has 1 unspecified atom stereocenters. The molecule has 1 aromatic carbocycles. The fourth-order valence-corrected chi connectivity index (χ4v) is 6.04. The van der Waals surface area contributed by atoms with Crippen molar-refractivity contribution >= 4 is 33.3 Å². The van der Waals surface area contributed by atoms with Gasteiger partial charge in [0.2, 0.25) is 17.6 Å². The maximum atomic E-state index is 13.7. The van der Waals surface area contributed by atoms with Crippen LogP contribution in [0.15, 0.2) is 54.9 Å². The number of nitrogens with zero attached hydrogens (tertiary/aromatic N) is 3. The minimum absolute atomic E-state index is 0.0760. The second-order valence-electron chi connectivity index (χ2n) is 9.25. The second-order valence-corrected chi connectivity index (χ2v) is 11.4. The van der Waals surface area contributed by atoms with Gasteiger partial charge in [-0.3, -0.25) is 24.2 Å². The van der Waals surface area contributed by atoms with E-state index in [9.17, 15) is 27.6 Å². The Morgan fingerprint density at radius 1 is 1.03 bits per heavy atom. The second kappa shape index (κ2) is 13.9. The first kappa shape index (κ1) is 29.9. The Morgan fingerprint density at radius 2 is 1.67 bits per heavy atom. The number of benzene rings is 1. The molecule has 11 nitrogen and oxygen atoms in total. The lowest BCUT2D eigenvalue weighted by molar-refractivity contribution is -0.145. The van der Waals surface area contributed by atoms with Crippen molar-refractivity contribution < 1.29 is 32.3 Å². The number of hydrogen-bond acceptors (Lipinski definition) is 8. The zero-order chi connectivity index (χ0) is 28.4. The van der Waals surface area contributed by atoms with Crippen LogP contribution in [0.1, 0.15) is 30.9 Å². The lowest BCUT2D eigenvalue weighted by Gasteiger charge is -2.31. The van der Waals surface area contributed by atoms with E-state index in [0.29, 0.717) is 31.9 Å². The summed E-state index contributed by atoms with van der Waals surface area (Å²) >= 11 is 0. The summed E-state index contributed by atoms with van der Waals surface area (Å²) in [5, 5.41) is 0.807. The van der Waals surface area contributed by atoms with E-state index in [1.807, 2.05) is 0 Å². The van der Waals surface area contributed by atoms with Gasteiger partial charge in [-0.1, -0.05) is 37.3 Å².